The first-order chi connectivity index (χ1) is 16.7. The number of nitrogens with two attached hydrogens (primary N) is 1. The van der Waals surface area contributed by atoms with Crippen molar-refractivity contribution in [1.29, 1.82) is 0 Å². The van der Waals surface area contributed by atoms with Crippen molar-refractivity contribution in [2.24, 2.45) is 23.5 Å². The van der Waals surface area contributed by atoms with Crippen LogP contribution >= 0.6 is 0 Å². The molecule has 35 heavy (non-hydrogen) atoms. The fourth-order valence-corrected chi connectivity index (χ4v) is 4.94. The molecule has 0 aromatic rings. The number of carbonyl (C=O) groups is 2. The molecular weight excluding hydrogens is 436 g/mol. The number of allylic oxidation sites excluding steroid dienone is 2. The molecule has 1 rings (SSSR count). The van der Waals surface area contributed by atoms with Gasteiger partial charge in [-0.1, -0.05) is 52.7 Å². The summed E-state index contributed by atoms with van der Waals surface area (Å²) in [6.07, 6.45) is 12.0. The topological polar surface area (TPSA) is 78.7 Å². The van der Waals surface area contributed by atoms with Crippen LogP contribution in [-0.2, 0) is 9.59 Å². The Hall–Kier alpha value is -1.66. The molecular formula is C29H54N4O2. The maximum absolute atomic E-state index is 13.2. The predicted molar refractivity (Wildman–Crippen MR) is 148 cm³/mol. The lowest BCUT2D eigenvalue weighted by atomic mass is 9.89. The lowest BCUT2D eigenvalue weighted by Crippen LogP contribution is -2.48. The van der Waals surface area contributed by atoms with Crippen molar-refractivity contribution in [3.8, 4) is 0 Å². The van der Waals surface area contributed by atoms with Gasteiger partial charge in [-0.3, -0.25) is 9.59 Å². The summed E-state index contributed by atoms with van der Waals surface area (Å²) in [5, 5.41) is 3.28. The van der Waals surface area contributed by atoms with Crippen molar-refractivity contribution >= 4 is 11.8 Å². The molecule has 0 spiro atoms. The second-order valence-electron chi connectivity index (χ2n) is 10.5. The lowest BCUT2D eigenvalue weighted by Gasteiger charge is -2.38. The molecule has 1 aliphatic rings. The summed E-state index contributed by atoms with van der Waals surface area (Å²) in [5.41, 5.74) is 8.16. The van der Waals surface area contributed by atoms with Gasteiger partial charge in [0.2, 0.25) is 11.8 Å². The zero-order valence-electron chi connectivity index (χ0n) is 23.7. The van der Waals surface area contributed by atoms with Crippen molar-refractivity contribution in [2.45, 2.75) is 99.0 Å². The van der Waals surface area contributed by atoms with Gasteiger partial charge in [0.1, 0.15) is 0 Å². The van der Waals surface area contributed by atoms with Gasteiger partial charge in [0.15, 0.2) is 0 Å². The summed E-state index contributed by atoms with van der Waals surface area (Å²) >= 11 is 0. The molecule has 4 atom stereocenters. The van der Waals surface area contributed by atoms with Crippen LogP contribution in [0.1, 0.15) is 92.9 Å². The first-order valence-corrected chi connectivity index (χ1v) is 14.1. The highest BCUT2D eigenvalue weighted by Gasteiger charge is 2.32. The molecule has 0 radical (unpaired) electrons. The van der Waals surface area contributed by atoms with Gasteiger partial charge in [0, 0.05) is 49.6 Å². The van der Waals surface area contributed by atoms with Crippen molar-refractivity contribution in [1.82, 2.24) is 15.1 Å². The van der Waals surface area contributed by atoms with Crippen molar-refractivity contribution < 1.29 is 9.59 Å². The summed E-state index contributed by atoms with van der Waals surface area (Å²) in [4.78, 5) is 30.6. The van der Waals surface area contributed by atoms with Crippen LogP contribution < -0.4 is 11.1 Å². The third-order valence-electron chi connectivity index (χ3n) is 7.58. The van der Waals surface area contributed by atoms with Crippen LogP contribution in [0.5, 0.6) is 0 Å². The maximum atomic E-state index is 13.2. The van der Waals surface area contributed by atoms with E-state index in [1.165, 1.54) is 0 Å². The Bertz CT molecular complexity index is 703. The first-order valence-electron chi connectivity index (χ1n) is 14.1. The number of unbranched alkanes of at least 4 members (excludes halogenated alkanes) is 1. The zero-order valence-corrected chi connectivity index (χ0v) is 23.7. The Balaban J connectivity index is 2.95. The minimum atomic E-state index is -0.0535. The summed E-state index contributed by atoms with van der Waals surface area (Å²) < 4.78 is 0. The number of nitrogens with one attached hydrogen (secondary N) is 1. The third kappa shape index (κ3) is 10.5. The number of nitrogens with zero attached hydrogens (tertiary/aromatic N) is 2. The van der Waals surface area contributed by atoms with Crippen LogP contribution in [0.4, 0.5) is 0 Å². The Morgan fingerprint density at radius 2 is 1.91 bits per heavy atom. The molecule has 2 amide bonds. The number of rotatable bonds is 16. The normalized spacial score (nSPS) is 19.3. The van der Waals surface area contributed by atoms with Gasteiger partial charge in [0.05, 0.1) is 0 Å². The SMILES string of the molecule is C/C=C\C(CC)CCC(C)C(=O)NC1=C(CN)CN(C(=O)C[C@H](C)N(C)CCC)CC1CCCC. The second-order valence-corrected chi connectivity index (χ2v) is 10.5. The number of hydrogen-bond donors (Lipinski definition) is 2. The van der Waals surface area contributed by atoms with E-state index >= 15 is 0 Å². The minimum Gasteiger partial charge on any atom is -0.338 e. The molecule has 6 heteroatoms. The van der Waals surface area contributed by atoms with Gasteiger partial charge < -0.3 is 20.9 Å². The fraction of sp³-hybridized carbons (Fsp3) is 0.793. The van der Waals surface area contributed by atoms with E-state index in [4.69, 9.17) is 5.73 Å². The average molecular weight is 491 g/mol. The Kier molecular flexibility index (Phi) is 15.2. The van der Waals surface area contributed by atoms with E-state index in [2.05, 4.69) is 64.0 Å². The molecule has 202 valence electrons. The van der Waals surface area contributed by atoms with Crippen LogP contribution in [0.3, 0.4) is 0 Å². The maximum Gasteiger partial charge on any atom is 0.226 e. The van der Waals surface area contributed by atoms with E-state index < -0.39 is 0 Å². The van der Waals surface area contributed by atoms with Crippen molar-refractivity contribution in [2.75, 3.05) is 33.2 Å². The molecule has 3 N–H and O–H groups in total. The van der Waals surface area contributed by atoms with Crippen LogP contribution in [0.15, 0.2) is 23.4 Å². The first kappa shape index (κ1) is 31.4. The van der Waals surface area contributed by atoms with Gasteiger partial charge in [-0.05, 0) is 71.0 Å². The van der Waals surface area contributed by atoms with Gasteiger partial charge in [0.25, 0.3) is 0 Å². The molecule has 3 unspecified atom stereocenters. The highest BCUT2D eigenvalue weighted by Crippen LogP contribution is 2.28. The monoisotopic (exact) mass is 490 g/mol. The number of amides is 2. The Morgan fingerprint density at radius 3 is 2.49 bits per heavy atom. The third-order valence-corrected chi connectivity index (χ3v) is 7.58. The van der Waals surface area contributed by atoms with Crippen LogP contribution in [0.2, 0.25) is 0 Å². The molecule has 0 aromatic carbocycles. The van der Waals surface area contributed by atoms with Crippen molar-refractivity contribution in [3.63, 3.8) is 0 Å². The molecule has 6 nitrogen and oxygen atoms in total. The largest absolute Gasteiger partial charge is 0.338 e. The van der Waals surface area contributed by atoms with E-state index in [0.29, 0.717) is 32.0 Å². The fourth-order valence-electron chi connectivity index (χ4n) is 4.94. The summed E-state index contributed by atoms with van der Waals surface area (Å²) in [6, 6.07) is 0.207. The Labute approximate surface area is 215 Å². The van der Waals surface area contributed by atoms with Crippen molar-refractivity contribution in [3.05, 3.63) is 23.4 Å². The standard InChI is InChI=1S/C29H54N4O2/c1-8-12-14-25-20-33(27(34)18-23(6)32(7)17-10-3)21-26(19-30)28(25)31-29(35)22(5)15-16-24(11-4)13-9-2/h9,13,22-25H,8,10-12,14-21,30H2,1-7H3,(H,31,35)/b13-9-/t22?,23-,24?,25?/m0/s1. The highest BCUT2D eigenvalue weighted by atomic mass is 16.2. The van der Waals surface area contributed by atoms with E-state index in [0.717, 1.165) is 62.8 Å². The predicted octanol–water partition coefficient (Wildman–Crippen LogP) is 5.10. The molecule has 0 aliphatic carbocycles. The number of hydrogen-bond acceptors (Lipinski definition) is 4. The van der Waals surface area contributed by atoms with Crippen LogP contribution in [-0.4, -0.2) is 60.9 Å². The van der Waals surface area contributed by atoms with Gasteiger partial charge in [-0.2, -0.15) is 0 Å². The molecule has 1 heterocycles. The zero-order chi connectivity index (χ0) is 26.4. The molecule has 0 bridgehead atoms. The smallest absolute Gasteiger partial charge is 0.226 e. The summed E-state index contributed by atoms with van der Waals surface area (Å²) in [5.74, 6) is 0.873. The number of carbonyl (C=O) groups excluding carboxylic acids is 2. The van der Waals surface area contributed by atoms with Crippen LogP contribution in [0.25, 0.3) is 0 Å². The van der Waals surface area contributed by atoms with E-state index in [1.807, 2.05) is 11.8 Å². The second kappa shape index (κ2) is 16.9. The molecule has 0 saturated carbocycles. The van der Waals surface area contributed by atoms with Gasteiger partial charge >= 0.3 is 0 Å². The lowest BCUT2D eigenvalue weighted by molar-refractivity contribution is -0.132. The molecule has 0 saturated heterocycles. The van der Waals surface area contributed by atoms with Crippen LogP contribution in [0, 0.1) is 17.8 Å². The molecule has 1 aliphatic heterocycles. The summed E-state index contributed by atoms with van der Waals surface area (Å²) in [6.45, 7) is 15.3. The summed E-state index contributed by atoms with van der Waals surface area (Å²) in [7, 11) is 2.09. The van der Waals surface area contributed by atoms with E-state index in [1.54, 1.807) is 0 Å². The highest BCUT2D eigenvalue weighted by molar-refractivity contribution is 5.81. The minimum absolute atomic E-state index is 0.0535. The van der Waals surface area contributed by atoms with Gasteiger partial charge in [-0.25, -0.2) is 0 Å². The average Bonchev–Trinajstić information content (AvgIpc) is 2.85. The molecule has 0 aromatic heterocycles. The quantitative estimate of drug-likeness (QED) is 0.295. The van der Waals surface area contributed by atoms with E-state index in [9.17, 15) is 9.59 Å². The molecule has 0 fully saturated rings. The Morgan fingerprint density at radius 1 is 1.20 bits per heavy atom. The van der Waals surface area contributed by atoms with E-state index in [-0.39, 0.29) is 29.7 Å². The van der Waals surface area contributed by atoms with Gasteiger partial charge in [-0.15, -0.1) is 0 Å².